The highest BCUT2D eigenvalue weighted by atomic mass is 16.7. The number of hydrogen-bond donors (Lipinski definition) is 1. The third kappa shape index (κ3) is 2.64. The molecule has 6 heteroatoms. The molecule has 5 nitrogen and oxygen atoms in total. The van der Waals surface area contributed by atoms with Crippen molar-refractivity contribution in [1.82, 2.24) is 9.78 Å². The first-order valence-electron chi connectivity index (χ1n) is 7.50. The first-order valence-corrected chi connectivity index (χ1v) is 7.50. The predicted molar refractivity (Wildman–Crippen MR) is 87.9 cm³/mol. The van der Waals surface area contributed by atoms with Crippen molar-refractivity contribution in [2.45, 2.75) is 45.4 Å². The number of rotatable bonds is 3. The van der Waals surface area contributed by atoms with E-state index in [1.807, 2.05) is 12.1 Å². The van der Waals surface area contributed by atoms with E-state index in [0.29, 0.717) is 12.4 Å². The van der Waals surface area contributed by atoms with Crippen molar-refractivity contribution < 1.29 is 9.31 Å². The van der Waals surface area contributed by atoms with E-state index in [4.69, 9.17) is 15.0 Å². The van der Waals surface area contributed by atoms with E-state index < -0.39 is 0 Å². The van der Waals surface area contributed by atoms with E-state index in [1.165, 1.54) is 0 Å². The minimum absolute atomic E-state index is 0.320. The van der Waals surface area contributed by atoms with Crippen LogP contribution in [0.15, 0.2) is 36.5 Å². The van der Waals surface area contributed by atoms with Gasteiger partial charge in [-0.2, -0.15) is 5.10 Å². The molecule has 116 valence electrons. The molecule has 1 saturated heterocycles. The second kappa shape index (κ2) is 5.14. The van der Waals surface area contributed by atoms with E-state index in [2.05, 4.69) is 44.9 Å². The average Bonchev–Trinajstić information content (AvgIpc) is 2.92. The minimum atomic E-state index is -0.325. The highest BCUT2D eigenvalue weighted by Gasteiger charge is 2.51. The lowest BCUT2D eigenvalue weighted by molar-refractivity contribution is 0.00578. The number of nitrogen functional groups attached to an aromatic ring is 1. The largest absolute Gasteiger partial charge is 0.494 e. The third-order valence-corrected chi connectivity index (χ3v) is 4.59. The summed E-state index contributed by atoms with van der Waals surface area (Å²) in [5, 5.41) is 4.19. The fraction of sp³-hybridized carbons (Fsp3) is 0.438. The molecule has 1 aliphatic heterocycles. The van der Waals surface area contributed by atoms with Crippen LogP contribution < -0.4 is 11.2 Å². The van der Waals surface area contributed by atoms with Gasteiger partial charge < -0.3 is 15.0 Å². The normalized spacial score (nSPS) is 19.5. The Balaban J connectivity index is 1.74. The number of hydrogen-bond acceptors (Lipinski definition) is 4. The van der Waals surface area contributed by atoms with Crippen molar-refractivity contribution in [2.24, 2.45) is 0 Å². The molecule has 2 aromatic rings. The molecular formula is C16H22BN3O2. The van der Waals surface area contributed by atoms with Crippen molar-refractivity contribution in [3.05, 3.63) is 42.1 Å². The molecule has 2 heterocycles. The number of anilines is 1. The number of nitrogens with zero attached hydrogens (tertiary/aromatic N) is 2. The van der Waals surface area contributed by atoms with Crippen LogP contribution in [0.4, 0.5) is 5.82 Å². The highest BCUT2D eigenvalue weighted by molar-refractivity contribution is 6.62. The predicted octanol–water partition coefficient (Wildman–Crippen LogP) is 1.81. The lowest BCUT2D eigenvalue weighted by Gasteiger charge is -2.32. The minimum Gasteiger partial charge on any atom is -0.399 e. The standard InChI is InChI=1S/C16H22BN3O2/c1-15(2)16(3,4)22-17(21-15)13-7-5-12(6-8-13)11-20-14(18)9-10-19-20/h5-10H,11,18H2,1-4H3. The summed E-state index contributed by atoms with van der Waals surface area (Å²) < 4.78 is 13.9. The Hall–Kier alpha value is -1.79. The van der Waals surface area contributed by atoms with Crippen molar-refractivity contribution in [1.29, 1.82) is 0 Å². The molecule has 2 N–H and O–H groups in total. The van der Waals surface area contributed by atoms with E-state index in [1.54, 1.807) is 16.9 Å². The van der Waals surface area contributed by atoms with Crippen LogP contribution in [0.5, 0.6) is 0 Å². The smallest absolute Gasteiger partial charge is 0.399 e. The summed E-state index contributed by atoms with van der Waals surface area (Å²) in [6, 6.07) is 9.98. The van der Waals surface area contributed by atoms with Crippen LogP contribution in [0.2, 0.25) is 0 Å². The van der Waals surface area contributed by atoms with Crippen molar-refractivity contribution in [3.8, 4) is 0 Å². The van der Waals surface area contributed by atoms with Crippen LogP contribution in [0, 0.1) is 0 Å². The first-order chi connectivity index (χ1) is 10.3. The molecule has 0 spiro atoms. The van der Waals surface area contributed by atoms with Gasteiger partial charge in [-0.3, -0.25) is 0 Å². The molecule has 0 saturated carbocycles. The van der Waals surface area contributed by atoms with Crippen LogP contribution in [0.1, 0.15) is 33.3 Å². The number of benzene rings is 1. The summed E-state index contributed by atoms with van der Waals surface area (Å²) in [7, 11) is -0.325. The molecule has 0 aliphatic carbocycles. The summed E-state index contributed by atoms with van der Waals surface area (Å²) in [6.07, 6.45) is 1.70. The second-order valence-electron chi connectivity index (χ2n) is 6.74. The maximum atomic E-state index is 6.06. The van der Waals surface area contributed by atoms with Gasteiger partial charge in [0.2, 0.25) is 0 Å². The summed E-state index contributed by atoms with van der Waals surface area (Å²) in [5.74, 6) is 0.662. The van der Waals surface area contributed by atoms with Gasteiger partial charge in [-0.05, 0) is 44.8 Å². The van der Waals surface area contributed by atoms with Gasteiger partial charge in [0.25, 0.3) is 0 Å². The maximum Gasteiger partial charge on any atom is 0.494 e. The Labute approximate surface area is 131 Å². The highest BCUT2D eigenvalue weighted by Crippen LogP contribution is 2.36. The van der Waals surface area contributed by atoms with Gasteiger partial charge in [0.05, 0.1) is 23.9 Å². The van der Waals surface area contributed by atoms with E-state index >= 15 is 0 Å². The molecule has 1 aromatic carbocycles. The Morgan fingerprint density at radius 3 is 2.14 bits per heavy atom. The van der Waals surface area contributed by atoms with E-state index in [9.17, 15) is 0 Å². The summed E-state index contributed by atoms with van der Waals surface area (Å²) in [4.78, 5) is 0. The summed E-state index contributed by atoms with van der Waals surface area (Å²) in [6.45, 7) is 8.88. The van der Waals surface area contributed by atoms with E-state index in [-0.39, 0.29) is 18.3 Å². The van der Waals surface area contributed by atoms with Gasteiger partial charge >= 0.3 is 7.12 Å². The zero-order chi connectivity index (χ0) is 16.0. The Bertz CT molecular complexity index is 648. The molecule has 0 atom stereocenters. The van der Waals surface area contributed by atoms with Crippen LogP contribution >= 0.6 is 0 Å². The monoisotopic (exact) mass is 299 g/mol. The van der Waals surface area contributed by atoms with Gasteiger partial charge in [-0.1, -0.05) is 24.3 Å². The quantitative estimate of drug-likeness (QED) is 0.878. The molecule has 0 radical (unpaired) electrons. The molecule has 0 bridgehead atoms. The Kier molecular flexibility index (Phi) is 3.53. The van der Waals surface area contributed by atoms with Crippen LogP contribution in [-0.4, -0.2) is 28.1 Å². The fourth-order valence-corrected chi connectivity index (χ4v) is 2.41. The van der Waals surface area contributed by atoms with Gasteiger partial charge in [0.15, 0.2) is 0 Å². The maximum absolute atomic E-state index is 6.06. The number of nitrogens with two attached hydrogens (primary N) is 1. The van der Waals surface area contributed by atoms with Gasteiger partial charge in [0, 0.05) is 0 Å². The molecule has 1 fully saturated rings. The van der Waals surface area contributed by atoms with E-state index in [0.717, 1.165) is 11.0 Å². The lowest BCUT2D eigenvalue weighted by atomic mass is 9.79. The van der Waals surface area contributed by atoms with Crippen LogP contribution in [-0.2, 0) is 15.9 Å². The van der Waals surface area contributed by atoms with Gasteiger partial charge in [-0.15, -0.1) is 0 Å². The summed E-state index contributed by atoms with van der Waals surface area (Å²) >= 11 is 0. The average molecular weight is 299 g/mol. The molecule has 0 unspecified atom stereocenters. The molecule has 3 rings (SSSR count). The Morgan fingerprint density at radius 2 is 1.64 bits per heavy atom. The van der Waals surface area contributed by atoms with Gasteiger partial charge in [-0.25, -0.2) is 4.68 Å². The fourth-order valence-electron chi connectivity index (χ4n) is 2.41. The van der Waals surface area contributed by atoms with Crippen LogP contribution in [0.25, 0.3) is 0 Å². The topological polar surface area (TPSA) is 62.3 Å². The van der Waals surface area contributed by atoms with Crippen molar-refractivity contribution in [3.63, 3.8) is 0 Å². The molecule has 0 amide bonds. The van der Waals surface area contributed by atoms with Gasteiger partial charge in [0.1, 0.15) is 5.82 Å². The lowest BCUT2D eigenvalue weighted by Crippen LogP contribution is -2.41. The molecular weight excluding hydrogens is 277 g/mol. The second-order valence-corrected chi connectivity index (χ2v) is 6.74. The molecule has 1 aromatic heterocycles. The van der Waals surface area contributed by atoms with Crippen LogP contribution in [0.3, 0.4) is 0 Å². The zero-order valence-electron chi connectivity index (χ0n) is 13.5. The Morgan fingerprint density at radius 1 is 1.05 bits per heavy atom. The first kappa shape index (κ1) is 15.1. The molecule has 1 aliphatic rings. The zero-order valence-corrected chi connectivity index (χ0v) is 13.5. The molecule has 22 heavy (non-hydrogen) atoms. The SMILES string of the molecule is CC1(C)OB(c2ccc(Cn3nccc3N)cc2)OC1(C)C. The number of aromatic nitrogens is 2. The third-order valence-electron chi connectivity index (χ3n) is 4.59. The van der Waals surface area contributed by atoms with Crippen molar-refractivity contribution in [2.75, 3.05) is 5.73 Å². The van der Waals surface area contributed by atoms with Crippen molar-refractivity contribution >= 4 is 18.4 Å². The summed E-state index contributed by atoms with van der Waals surface area (Å²) in [5.41, 5.74) is 7.36.